The van der Waals surface area contributed by atoms with E-state index < -0.39 is 6.10 Å². The van der Waals surface area contributed by atoms with Crippen molar-refractivity contribution in [1.82, 2.24) is 0 Å². The molecule has 0 saturated heterocycles. The summed E-state index contributed by atoms with van der Waals surface area (Å²) in [5.41, 5.74) is 0. The maximum absolute atomic E-state index is 12.7. The van der Waals surface area contributed by atoms with Crippen LogP contribution in [0.2, 0.25) is 0 Å². The number of esters is 3. The van der Waals surface area contributed by atoms with Gasteiger partial charge >= 0.3 is 17.9 Å². The fraction of sp³-hybridized carbons (Fsp3) is 0.824. The van der Waals surface area contributed by atoms with Gasteiger partial charge in [-0.15, -0.1) is 0 Å². The van der Waals surface area contributed by atoms with Crippen LogP contribution in [0.1, 0.15) is 252 Å². The van der Waals surface area contributed by atoms with Crippen LogP contribution in [0, 0.1) is 0 Å². The van der Waals surface area contributed by atoms with E-state index in [0.717, 1.165) is 96.3 Å². The van der Waals surface area contributed by atoms with E-state index in [1.807, 2.05) is 0 Å². The highest BCUT2D eigenvalue weighted by molar-refractivity contribution is 5.71. The number of carbonyl (C=O) groups is 3. The van der Waals surface area contributed by atoms with Crippen molar-refractivity contribution in [1.29, 1.82) is 0 Å². The third-order valence-electron chi connectivity index (χ3n) is 10.7. The summed E-state index contributed by atoms with van der Waals surface area (Å²) >= 11 is 0. The minimum Gasteiger partial charge on any atom is -0.462 e. The van der Waals surface area contributed by atoms with Crippen molar-refractivity contribution < 1.29 is 28.6 Å². The summed E-state index contributed by atoms with van der Waals surface area (Å²) in [5.74, 6) is -0.884. The molecule has 0 aliphatic carbocycles. The molecule has 0 aromatic heterocycles. The number of hydrogen-bond donors (Lipinski definition) is 0. The first-order valence-electron chi connectivity index (χ1n) is 24.5. The van der Waals surface area contributed by atoms with Crippen LogP contribution in [0.15, 0.2) is 36.5 Å². The molecule has 0 amide bonds. The number of carbonyl (C=O) groups excluding carboxylic acids is 3. The van der Waals surface area contributed by atoms with Crippen LogP contribution in [0.4, 0.5) is 0 Å². The molecule has 0 spiro atoms. The number of unbranched alkanes of at least 4 members (excludes halogenated alkanes) is 27. The first-order valence-corrected chi connectivity index (χ1v) is 24.5. The van der Waals surface area contributed by atoms with Gasteiger partial charge in [0.1, 0.15) is 13.2 Å². The summed E-state index contributed by atoms with van der Waals surface area (Å²) < 4.78 is 16.7. The minimum atomic E-state index is -0.772. The molecule has 332 valence electrons. The van der Waals surface area contributed by atoms with Gasteiger partial charge in [-0.1, -0.05) is 218 Å². The van der Waals surface area contributed by atoms with E-state index in [1.54, 1.807) is 0 Å². The van der Waals surface area contributed by atoms with Crippen molar-refractivity contribution in [2.45, 2.75) is 258 Å². The number of rotatable bonds is 44. The highest BCUT2D eigenvalue weighted by atomic mass is 16.6. The number of hydrogen-bond acceptors (Lipinski definition) is 6. The molecular weight excluding hydrogens is 709 g/mol. The Morgan fingerprint density at radius 2 is 0.684 bits per heavy atom. The van der Waals surface area contributed by atoms with Gasteiger partial charge in [-0.25, -0.2) is 0 Å². The molecule has 1 atom stereocenters. The van der Waals surface area contributed by atoms with Crippen LogP contribution in [0.25, 0.3) is 0 Å². The predicted octanol–water partition coefficient (Wildman–Crippen LogP) is 15.8. The largest absolute Gasteiger partial charge is 0.462 e. The van der Waals surface area contributed by atoms with E-state index in [4.69, 9.17) is 14.2 Å². The number of ether oxygens (including phenoxy) is 3. The predicted molar refractivity (Wildman–Crippen MR) is 242 cm³/mol. The minimum absolute atomic E-state index is 0.0738. The van der Waals surface area contributed by atoms with Gasteiger partial charge in [-0.2, -0.15) is 0 Å². The third-order valence-corrected chi connectivity index (χ3v) is 10.7. The van der Waals surface area contributed by atoms with Gasteiger partial charge in [0.05, 0.1) is 0 Å². The average Bonchev–Trinajstić information content (AvgIpc) is 3.21. The monoisotopic (exact) mass is 801 g/mol. The summed E-state index contributed by atoms with van der Waals surface area (Å²) in [6.45, 7) is 6.51. The van der Waals surface area contributed by atoms with E-state index in [9.17, 15) is 14.4 Å². The third kappa shape index (κ3) is 44.6. The van der Waals surface area contributed by atoms with Crippen molar-refractivity contribution in [2.75, 3.05) is 13.2 Å². The van der Waals surface area contributed by atoms with Crippen LogP contribution < -0.4 is 0 Å². The summed E-state index contributed by atoms with van der Waals surface area (Å²) in [5, 5.41) is 0. The molecule has 0 aliphatic heterocycles. The Kier molecular flexibility index (Phi) is 44.4. The van der Waals surface area contributed by atoms with E-state index in [2.05, 4.69) is 57.2 Å². The van der Waals surface area contributed by atoms with Gasteiger partial charge in [-0.3, -0.25) is 14.4 Å². The maximum atomic E-state index is 12.7. The molecular formula is C51H92O6. The van der Waals surface area contributed by atoms with Crippen molar-refractivity contribution in [2.24, 2.45) is 0 Å². The van der Waals surface area contributed by atoms with Crippen LogP contribution in [-0.4, -0.2) is 37.2 Å². The smallest absolute Gasteiger partial charge is 0.306 e. The molecule has 0 unspecified atom stereocenters. The lowest BCUT2D eigenvalue weighted by Gasteiger charge is -2.18. The SMILES string of the molecule is CC/C=C\C/C=C\C/C=C\CCCCCCCC(=O)OC[C@H](COC(=O)CCCCCCCCCCCCCCC)OC(=O)CCCCCCCCCCCCC. The first kappa shape index (κ1) is 54.6. The van der Waals surface area contributed by atoms with Crippen LogP contribution in [0.3, 0.4) is 0 Å². The van der Waals surface area contributed by atoms with Crippen molar-refractivity contribution in [3.05, 3.63) is 36.5 Å². The van der Waals surface area contributed by atoms with Crippen LogP contribution in [0.5, 0.6) is 0 Å². The second-order valence-corrected chi connectivity index (χ2v) is 16.4. The molecule has 0 fully saturated rings. The fourth-order valence-electron chi connectivity index (χ4n) is 6.99. The van der Waals surface area contributed by atoms with Gasteiger partial charge in [0.25, 0.3) is 0 Å². The molecule has 0 aromatic rings. The van der Waals surface area contributed by atoms with Gasteiger partial charge in [0, 0.05) is 19.3 Å². The lowest BCUT2D eigenvalue weighted by molar-refractivity contribution is -0.167. The van der Waals surface area contributed by atoms with E-state index in [-0.39, 0.29) is 31.1 Å². The van der Waals surface area contributed by atoms with E-state index >= 15 is 0 Å². The van der Waals surface area contributed by atoms with Gasteiger partial charge in [0.2, 0.25) is 0 Å². The Balaban J connectivity index is 4.36. The Labute approximate surface area is 353 Å². The quantitative estimate of drug-likeness (QED) is 0.0264. The lowest BCUT2D eigenvalue weighted by atomic mass is 10.0. The van der Waals surface area contributed by atoms with Gasteiger partial charge in [0.15, 0.2) is 6.10 Å². The lowest BCUT2D eigenvalue weighted by Crippen LogP contribution is -2.30. The average molecular weight is 801 g/mol. The first-order chi connectivity index (χ1) is 28.0. The zero-order valence-electron chi connectivity index (χ0n) is 37.9. The number of allylic oxidation sites excluding steroid dienone is 6. The summed E-state index contributed by atoms with van der Waals surface area (Å²) in [7, 11) is 0. The fourth-order valence-corrected chi connectivity index (χ4v) is 6.99. The molecule has 6 heteroatoms. The molecule has 0 N–H and O–H groups in total. The van der Waals surface area contributed by atoms with Crippen LogP contribution in [-0.2, 0) is 28.6 Å². The standard InChI is InChI=1S/C51H92O6/c1-4-7-10-13-16-19-22-24-25-27-30-32-35-38-41-44-50(53)56-47-48(57-51(54)45-42-39-36-33-28-21-18-15-12-9-6-3)46-55-49(52)43-40-37-34-31-29-26-23-20-17-14-11-8-5-2/h7,10,16,19,24-25,48H,4-6,8-9,11-15,17-18,20-23,26-47H2,1-3H3/b10-7-,19-16-,25-24-/t48-/m0/s1. The molecule has 0 bridgehead atoms. The molecule has 0 aliphatic rings. The summed E-state index contributed by atoms with van der Waals surface area (Å²) in [4.78, 5) is 37.8. The Morgan fingerprint density at radius 1 is 0.368 bits per heavy atom. The van der Waals surface area contributed by atoms with Gasteiger partial charge in [-0.05, 0) is 51.4 Å². The Hall–Kier alpha value is -2.37. The Morgan fingerprint density at radius 3 is 1.07 bits per heavy atom. The van der Waals surface area contributed by atoms with Crippen molar-refractivity contribution in [3.8, 4) is 0 Å². The molecule has 0 heterocycles. The molecule has 0 aromatic carbocycles. The zero-order chi connectivity index (χ0) is 41.5. The molecule has 0 rings (SSSR count). The zero-order valence-corrected chi connectivity index (χ0v) is 37.9. The molecule has 0 radical (unpaired) electrons. The van der Waals surface area contributed by atoms with Gasteiger partial charge < -0.3 is 14.2 Å². The van der Waals surface area contributed by atoms with E-state index in [0.29, 0.717) is 19.3 Å². The molecule has 6 nitrogen and oxygen atoms in total. The summed E-state index contributed by atoms with van der Waals surface area (Å²) in [6.07, 6.45) is 52.6. The molecule has 0 saturated carbocycles. The second kappa shape index (κ2) is 46.3. The van der Waals surface area contributed by atoms with E-state index in [1.165, 1.54) is 116 Å². The normalized spacial score (nSPS) is 12.3. The summed E-state index contributed by atoms with van der Waals surface area (Å²) in [6, 6.07) is 0. The van der Waals surface area contributed by atoms with Crippen LogP contribution >= 0.6 is 0 Å². The highest BCUT2D eigenvalue weighted by Crippen LogP contribution is 2.15. The molecule has 57 heavy (non-hydrogen) atoms. The second-order valence-electron chi connectivity index (χ2n) is 16.4. The maximum Gasteiger partial charge on any atom is 0.306 e. The highest BCUT2D eigenvalue weighted by Gasteiger charge is 2.19. The van der Waals surface area contributed by atoms with Crippen molar-refractivity contribution >= 4 is 17.9 Å². The topological polar surface area (TPSA) is 78.9 Å². The van der Waals surface area contributed by atoms with Crippen molar-refractivity contribution in [3.63, 3.8) is 0 Å². The Bertz CT molecular complexity index is 969.